The van der Waals surface area contributed by atoms with Gasteiger partial charge in [0, 0.05) is 12.0 Å². The van der Waals surface area contributed by atoms with E-state index in [0.29, 0.717) is 6.42 Å². The molecular weight excluding hydrogens is 172 g/mol. The molecular formula is C13H16O. The number of aliphatic hydroxyl groups excluding tert-OH is 1. The van der Waals surface area contributed by atoms with Crippen LogP contribution in [0, 0.1) is 25.7 Å². The van der Waals surface area contributed by atoms with Crippen LogP contribution in [-0.4, -0.2) is 11.2 Å². The van der Waals surface area contributed by atoms with Gasteiger partial charge >= 0.3 is 0 Å². The van der Waals surface area contributed by atoms with Crippen LogP contribution in [-0.2, 0) is 0 Å². The minimum absolute atomic E-state index is 0.340. The first-order valence-corrected chi connectivity index (χ1v) is 4.84. The second-order valence-electron chi connectivity index (χ2n) is 3.67. The molecule has 1 aromatic carbocycles. The van der Waals surface area contributed by atoms with E-state index in [1.54, 1.807) is 6.92 Å². The van der Waals surface area contributed by atoms with E-state index in [9.17, 15) is 0 Å². The molecule has 0 amide bonds. The van der Waals surface area contributed by atoms with Crippen molar-refractivity contribution >= 4 is 0 Å². The van der Waals surface area contributed by atoms with E-state index < -0.39 is 0 Å². The Morgan fingerprint density at radius 2 is 2.07 bits per heavy atom. The van der Waals surface area contributed by atoms with Crippen molar-refractivity contribution in [3.05, 3.63) is 34.9 Å². The second kappa shape index (κ2) is 4.83. The molecule has 0 radical (unpaired) electrons. The van der Waals surface area contributed by atoms with Gasteiger partial charge in [-0.3, -0.25) is 0 Å². The minimum atomic E-state index is -0.340. The van der Waals surface area contributed by atoms with Crippen LogP contribution < -0.4 is 0 Å². The van der Waals surface area contributed by atoms with E-state index >= 15 is 0 Å². The average molecular weight is 188 g/mol. The molecule has 0 aliphatic heterocycles. The first-order valence-electron chi connectivity index (χ1n) is 4.84. The van der Waals surface area contributed by atoms with Gasteiger partial charge in [0.2, 0.25) is 0 Å². The Morgan fingerprint density at radius 1 is 1.36 bits per heavy atom. The number of aryl methyl sites for hydroxylation is 2. The van der Waals surface area contributed by atoms with Gasteiger partial charge in [-0.15, -0.1) is 0 Å². The number of aliphatic hydroxyl groups is 1. The fourth-order valence-corrected chi connectivity index (χ4v) is 1.16. The largest absolute Gasteiger partial charge is 0.392 e. The van der Waals surface area contributed by atoms with E-state index in [2.05, 4.69) is 37.0 Å². The summed E-state index contributed by atoms with van der Waals surface area (Å²) in [6.07, 6.45) is 0.195. The maximum Gasteiger partial charge on any atom is 0.0621 e. The molecule has 1 N–H and O–H groups in total. The zero-order chi connectivity index (χ0) is 10.6. The van der Waals surface area contributed by atoms with Crippen molar-refractivity contribution in [2.24, 2.45) is 0 Å². The number of rotatable bonds is 1. The average Bonchev–Trinajstić information content (AvgIpc) is 2.10. The Balaban J connectivity index is 2.83. The topological polar surface area (TPSA) is 20.2 Å². The third-order valence-corrected chi connectivity index (χ3v) is 2.01. The lowest BCUT2D eigenvalue weighted by Gasteiger charge is -1.99. The van der Waals surface area contributed by atoms with E-state index in [1.165, 1.54) is 11.1 Å². The first-order chi connectivity index (χ1) is 6.59. The molecule has 1 heteroatoms. The van der Waals surface area contributed by atoms with Crippen LogP contribution in [0.4, 0.5) is 0 Å². The van der Waals surface area contributed by atoms with Crippen molar-refractivity contribution in [3.63, 3.8) is 0 Å². The summed E-state index contributed by atoms with van der Waals surface area (Å²) in [5, 5.41) is 9.05. The summed E-state index contributed by atoms with van der Waals surface area (Å²) in [5.41, 5.74) is 3.47. The molecule has 1 nitrogen and oxygen atoms in total. The molecule has 1 unspecified atom stereocenters. The van der Waals surface area contributed by atoms with Crippen LogP contribution in [0.5, 0.6) is 0 Å². The highest BCUT2D eigenvalue weighted by atomic mass is 16.3. The Labute approximate surface area is 85.8 Å². The summed E-state index contributed by atoms with van der Waals surface area (Å²) >= 11 is 0. The van der Waals surface area contributed by atoms with Crippen LogP contribution in [0.25, 0.3) is 0 Å². The lowest BCUT2D eigenvalue weighted by atomic mass is 10.1. The molecule has 0 spiro atoms. The van der Waals surface area contributed by atoms with Crippen LogP contribution >= 0.6 is 0 Å². The molecule has 14 heavy (non-hydrogen) atoms. The molecule has 0 fully saturated rings. The van der Waals surface area contributed by atoms with Crippen molar-refractivity contribution in [2.45, 2.75) is 33.3 Å². The number of hydrogen-bond donors (Lipinski definition) is 1. The maximum atomic E-state index is 9.05. The second-order valence-corrected chi connectivity index (χ2v) is 3.67. The van der Waals surface area contributed by atoms with Gasteiger partial charge in [0.05, 0.1) is 6.10 Å². The van der Waals surface area contributed by atoms with E-state index in [0.717, 1.165) is 5.56 Å². The molecule has 1 aromatic rings. The molecule has 0 saturated heterocycles. The summed E-state index contributed by atoms with van der Waals surface area (Å²) in [4.78, 5) is 0. The molecule has 0 aromatic heterocycles. The Hall–Kier alpha value is -1.26. The smallest absolute Gasteiger partial charge is 0.0621 e. The zero-order valence-electron chi connectivity index (χ0n) is 8.96. The molecule has 0 aliphatic rings. The van der Waals surface area contributed by atoms with Crippen LogP contribution in [0.2, 0.25) is 0 Å². The van der Waals surface area contributed by atoms with Crippen LogP contribution in [0.15, 0.2) is 18.2 Å². The fraction of sp³-hybridized carbons (Fsp3) is 0.385. The van der Waals surface area contributed by atoms with Gasteiger partial charge in [-0.05, 0) is 38.0 Å². The zero-order valence-corrected chi connectivity index (χ0v) is 8.96. The lowest BCUT2D eigenvalue weighted by molar-refractivity contribution is 0.201. The van der Waals surface area contributed by atoms with Crippen molar-refractivity contribution in [1.82, 2.24) is 0 Å². The highest BCUT2D eigenvalue weighted by molar-refractivity contribution is 5.42. The predicted molar refractivity (Wildman–Crippen MR) is 59.1 cm³/mol. The molecule has 0 aliphatic carbocycles. The quantitative estimate of drug-likeness (QED) is 0.671. The third-order valence-electron chi connectivity index (χ3n) is 2.01. The van der Waals surface area contributed by atoms with Gasteiger partial charge in [-0.25, -0.2) is 0 Å². The summed E-state index contributed by atoms with van der Waals surface area (Å²) in [6.45, 7) is 5.85. The van der Waals surface area contributed by atoms with Crippen molar-refractivity contribution in [1.29, 1.82) is 0 Å². The van der Waals surface area contributed by atoms with Crippen molar-refractivity contribution in [2.75, 3.05) is 0 Å². The third kappa shape index (κ3) is 3.24. The minimum Gasteiger partial charge on any atom is -0.392 e. The SMILES string of the molecule is Cc1ccc(C)c(C#CCC(C)O)c1. The van der Waals surface area contributed by atoms with E-state index in [-0.39, 0.29) is 6.10 Å². The maximum absolute atomic E-state index is 9.05. The summed E-state index contributed by atoms with van der Waals surface area (Å²) < 4.78 is 0. The predicted octanol–water partition coefficient (Wildman–Crippen LogP) is 2.43. The summed E-state index contributed by atoms with van der Waals surface area (Å²) in [7, 11) is 0. The van der Waals surface area contributed by atoms with E-state index in [1.807, 2.05) is 6.92 Å². The highest BCUT2D eigenvalue weighted by Gasteiger charge is 1.94. The van der Waals surface area contributed by atoms with Crippen LogP contribution in [0.3, 0.4) is 0 Å². The fourth-order valence-electron chi connectivity index (χ4n) is 1.16. The normalized spacial score (nSPS) is 11.7. The first kappa shape index (κ1) is 10.8. The number of hydrogen-bond acceptors (Lipinski definition) is 1. The Kier molecular flexibility index (Phi) is 3.73. The molecule has 0 bridgehead atoms. The Morgan fingerprint density at radius 3 is 2.71 bits per heavy atom. The van der Waals surface area contributed by atoms with Crippen molar-refractivity contribution < 1.29 is 5.11 Å². The van der Waals surface area contributed by atoms with Gasteiger partial charge in [0.1, 0.15) is 0 Å². The van der Waals surface area contributed by atoms with Gasteiger partial charge in [-0.2, -0.15) is 0 Å². The standard InChI is InChI=1S/C13H16O/c1-10-7-8-11(2)13(9-10)6-4-5-12(3)14/h7-9,12,14H,5H2,1-3H3. The van der Waals surface area contributed by atoms with Crippen LogP contribution in [0.1, 0.15) is 30.0 Å². The molecule has 0 saturated carbocycles. The summed E-state index contributed by atoms with van der Waals surface area (Å²) in [5.74, 6) is 6.04. The molecule has 0 heterocycles. The van der Waals surface area contributed by atoms with Crippen molar-refractivity contribution in [3.8, 4) is 11.8 Å². The summed E-state index contributed by atoms with van der Waals surface area (Å²) in [6, 6.07) is 6.22. The van der Waals surface area contributed by atoms with Gasteiger partial charge < -0.3 is 5.11 Å². The molecule has 74 valence electrons. The van der Waals surface area contributed by atoms with E-state index in [4.69, 9.17) is 5.11 Å². The van der Waals surface area contributed by atoms with Gasteiger partial charge in [-0.1, -0.05) is 24.0 Å². The number of benzene rings is 1. The van der Waals surface area contributed by atoms with Gasteiger partial charge in [0.15, 0.2) is 0 Å². The monoisotopic (exact) mass is 188 g/mol. The lowest BCUT2D eigenvalue weighted by Crippen LogP contribution is -1.95. The highest BCUT2D eigenvalue weighted by Crippen LogP contribution is 2.08. The Bertz CT molecular complexity index is 367. The van der Waals surface area contributed by atoms with Gasteiger partial charge in [0.25, 0.3) is 0 Å². The molecule has 1 atom stereocenters. The molecule has 1 rings (SSSR count).